The Bertz CT molecular complexity index is 542. The monoisotopic (exact) mass is 241 g/mol. The van der Waals surface area contributed by atoms with Crippen molar-refractivity contribution in [3.63, 3.8) is 0 Å². The summed E-state index contributed by atoms with van der Waals surface area (Å²) in [7, 11) is 0. The van der Waals surface area contributed by atoms with Gasteiger partial charge in [-0.2, -0.15) is 0 Å². The second kappa shape index (κ2) is 4.71. The molecule has 0 bridgehead atoms. The fourth-order valence-electron chi connectivity index (χ4n) is 2.80. The third-order valence-corrected chi connectivity index (χ3v) is 4.18. The van der Waals surface area contributed by atoms with E-state index in [9.17, 15) is 5.11 Å². The minimum atomic E-state index is -0.412. The van der Waals surface area contributed by atoms with Crippen molar-refractivity contribution in [3.8, 4) is 0 Å². The number of aliphatic hydroxyl groups is 1. The molecule has 2 nitrogen and oxygen atoms in total. The first-order valence-electron chi connectivity index (χ1n) is 6.68. The molecule has 0 aliphatic heterocycles. The SMILES string of the molecule is N[C@@H](c1cccc2ccccc12)[C@H](O)C1CCC1. The summed E-state index contributed by atoms with van der Waals surface area (Å²) in [5.74, 6) is 0.388. The standard InChI is InChI=1S/C16H19NO/c17-15(16(18)12-7-3-8-12)14-10-4-6-11-5-1-2-9-13(11)14/h1-2,4-6,9-10,12,15-16,18H,3,7-8,17H2/t15-,16+/m0/s1. The van der Waals surface area contributed by atoms with Crippen LogP contribution in [-0.2, 0) is 0 Å². The van der Waals surface area contributed by atoms with Gasteiger partial charge in [-0.3, -0.25) is 0 Å². The maximum Gasteiger partial charge on any atom is 0.0761 e. The molecule has 2 atom stereocenters. The van der Waals surface area contributed by atoms with E-state index in [1.165, 1.54) is 11.8 Å². The summed E-state index contributed by atoms with van der Waals surface area (Å²) < 4.78 is 0. The molecule has 0 spiro atoms. The maximum absolute atomic E-state index is 10.3. The van der Waals surface area contributed by atoms with Gasteiger partial charge in [0.1, 0.15) is 0 Å². The zero-order chi connectivity index (χ0) is 12.5. The molecule has 94 valence electrons. The molecule has 1 aliphatic carbocycles. The molecule has 0 amide bonds. The Hall–Kier alpha value is -1.38. The van der Waals surface area contributed by atoms with Gasteiger partial charge < -0.3 is 10.8 Å². The van der Waals surface area contributed by atoms with E-state index in [1.807, 2.05) is 24.3 Å². The molecular weight excluding hydrogens is 222 g/mol. The highest BCUT2D eigenvalue weighted by Gasteiger charge is 2.31. The van der Waals surface area contributed by atoms with Gasteiger partial charge in [-0.15, -0.1) is 0 Å². The second-order valence-corrected chi connectivity index (χ2v) is 5.28. The largest absolute Gasteiger partial charge is 0.391 e. The maximum atomic E-state index is 10.3. The van der Waals surface area contributed by atoms with E-state index in [0.717, 1.165) is 23.8 Å². The van der Waals surface area contributed by atoms with Crippen molar-refractivity contribution in [2.45, 2.75) is 31.4 Å². The lowest BCUT2D eigenvalue weighted by Crippen LogP contribution is -2.36. The predicted octanol–water partition coefficient (Wildman–Crippen LogP) is 3.00. The molecule has 18 heavy (non-hydrogen) atoms. The average Bonchev–Trinajstić information content (AvgIpc) is 2.35. The van der Waals surface area contributed by atoms with Crippen LogP contribution in [-0.4, -0.2) is 11.2 Å². The molecule has 0 heterocycles. The van der Waals surface area contributed by atoms with Crippen molar-refractivity contribution in [2.75, 3.05) is 0 Å². The van der Waals surface area contributed by atoms with Gasteiger partial charge in [0.15, 0.2) is 0 Å². The molecule has 3 rings (SSSR count). The van der Waals surface area contributed by atoms with Crippen molar-refractivity contribution in [1.29, 1.82) is 0 Å². The molecule has 2 aromatic rings. The van der Waals surface area contributed by atoms with Crippen LogP contribution in [0.15, 0.2) is 42.5 Å². The summed E-state index contributed by atoms with van der Waals surface area (Å²) in [6.45, 7) is 0. The van der Waals surface area contributed by atoms with Gasteiger partial charge in [0.2, 0.25) is 0 Å². The number of hydrogen-bond acceptors (Lipinski definition) is 2. The lowest BCUT2D eigenvalue weighted by molar-refractivity contribution is 0.0417. The Kier molecular flexibility index (Phi) is 3.06. The predicted molar refractivity (Wildman–Crippen MR) is 74.2 cm³/mol. The lowest BCUT2D eigenvalue weighted by atomic mass is 9.77. The minimum Gasteiger partial charge on any atom is -0.391 e. The molecule has 0 radical (unpaired) electrons. The summed E-state index contributed by atoms with van der Waals surface area (Å²) in [4.78, 5) is 0. The smallest absolute Gasteiger partial charge is 0.0761 e. The average molecular weight is 241 g/mol. The summed E-state index contributed by atoms with van der Waals surface area (Å²) >= 11 is 0. The zero-order valence-electron chi connectivity index (χ0n) is 10.4. The van der Waals surface area contributed by atoms with Crippen molar-refractivity contribution in [3.05, 3.63) is 48.0 Å². The molecule has 1 saturated carbocycles. The highest BCUT2D eigenvalue weighted by atomic mass is 16.3. The molecule has 0 saturated heterocycles. The molecule has 0 aromatic heterocycles. The topological polar surface area (TPSA) is 46.2 Å². The number of hydrogen-bond donors (Lipinski definition) is 2. The van der Waals surface area contributed by atoms with Crippen LogP contribution in [0.1, 0.15) is 30.9 Å². The molecule has 0 unspecified atom stereocenters. The Balaban J connectivity index is 1.97. The van der Waals surface area contributed by atoms with Crippen LogP contribution in [0.2, 0.25) is 0 Å². The van der Waals surface area contributed by atoms with E-state index < -0.39 is 6.10 Å². The first-order chi connectivity index (χ1) is 8.77. The van der Waals surface area contributed by atoms with E-state index in [0.29, 0.717) is 5.92 Å². The third-order valence-electron chi connectivity index (χ3n) is 4.18. The van der Waals surface area contributed by atoms with Crippen molar-refractivity contribution >= 4 is 10.8 Å². The van der Waals surface area contributed by atoms with Crippen LogP contribution in [0.3, 0.4) is 0 Å². The van der Waals surface area contributed by atoms with Crippen molar-refractivity contribution in [2.24, 2.45) is 11.7 Å². The Morgan fingerprint density at radius 3 is 2.50 bits per heavy atom. The molecule has 3 N–H and O–H groups in total. The molecule has 2 aromatic carbocycles. The summed E-state index contributed by atoms with van der Waals surface area (Å²) in [6.07, 6.45) is 3.04. The molecule has 2 heteroatoms. The van der Waals surface area contributed by atoms with Crippen LogP contribution in [0.25, 0.3) is 10.8 Å². The van der Waals surface area contributed by atoms with E-state index >= 15 is 0 Å². The van der Waals surface area contributed by atoms with Gasteiger partial charge in [0.05, 0.1) is 12.1 Å². The molecule has 1 aliphatic rings. The number of fused-ring (bicyclic) bond motifs is 1. The van der Waals surface area contributed by atoms with Crippen LogP contribution in [0.5, 0.6) is 0 Å². The number of nitrogens with two attached hydrogens (primary N) is 1. The van der Waals surface area contributed by atoms with Crippen molar-refractivity contribution < 1.29 is 5.11 Å². The highest BCUT2D eigenvalue weighted by Crippen LogP contribution is 2.35. The Labute approximate surface area is 107 Å². The number of aliphatic hydroxyl groups excluding tert-OH is 1. The molecular formula is C16H19NO. The van der Waals surface area contributed by atoms with Gasteiger partial charge in [-0.1, -0.05) is 48.9 Å². The summed E-state index contributed by atoms with van der Waals surface area (Å²) in [5.41, 5.74) is 7.33. The Morgan fingerprint density at radius 1 is 1.06 bits per heavy atom. The Morgan fingerprint density at radius 2 is 1.78 bits per heavy atom. The van der Waals surface area contributed by atoms with Gasteiger partial charge in [-0.25, -0.2) is 0 Å². The zero-order valence-corrected chi connectivity index (χ0v) is 10.4. The first-order valence-corrected chi connectivity index (χ1v) is 6.68. The van der Waals surface area contributed by atoms with Crippen molar-refractivity contribution in [1.82, 2.24) is 0 Å². The lowest BCUT2D eigenvalue weighted by Gasteiger charge is -2.34. The number of benzene rings is 2. The van der Waals surface area contributed by atoms with Gasteiger partial charge in [-0.05, 0) is 35.1 Å². The van der Waals surface area contributed by atoms with Gasteiger partial charge in [0.25, 0.3) is 0 Å². The first kappa shape index (κ1) is 11.7. The van der Waals surface area contributed by atoms with E-state index in [1.54, 1.807) is 0 Å². The van der Waals surface area contributed by atoms with Crippen LogP contribution in [0.4, 0.5) is 0 Å². The summed E-state index contributed by atoms with van der Waals surface area (Å²) in [6, 6.07) is 14.1. The molecule has 1 fully saturated rings. The van der Waals surface area contributed by atoms with Crippen LogP contribution >= 0.6 is 0 Å². The van der Waals surface area contributed by atoms with Gasteiger partial charge >= 0.3 is 0 Å². The van der Waals surface area contributed by atoms with E-state index in [4.69, 9.17) is 5.73 Å². The highest BCUT2D eigenvalue weighted by molar-refractivity contribution is 5.86. The van der Waals surface area contributed by atoms with Crippen LogP contribution in [0, 0.1) is 5.92 Å². The van der Waals surface area contributed by atoms with E-state index in [2.05, 4.69) is 18.2 Å². The fraction of sp³-hybridized carbons (Fsp3) is 0.375. The fourth-order valence-corrected chi connectivity index (χ4v) is 2.80. The quantitative estimate of drug-likeness (QED) is 0.867. The van der Waals surface area contributed by atoms with E-state index in [-0.39, 0.29) is 6.04 Å². The minimum absolute atomic E-state index is 0.276. The number of rotatable bonds is 3. The van der Waals surface area contributed by atoms with Gasteiger partial charge in [0, 0.05) is 0 Å². The van der Waals surface area contributed by atoms with Crippen LogP contribution < -0.4 is 5.73 Å². The summed E-state index contributed by atoms with van der Waals surface area (Å²) in [5, 5.41) is 12.7. The normalized spacial score (nSPS) is 19.4. The third kappa shape index (κ3) is 1.92. The second-order valence-electron chi connectivity index (χ2n) is 5.28.